The number of hydrogen-bond acceptors (Lipinski definition) is 9. The topological polar surface area (TPSA) is 166 Å². The zero-order chi connectivity index (χ0) is 41.4. The summed E-state index contributed by atoms with van der Waals surface area (Å²) in [5, 5.41) is 30.1. The van der Waals surface area contributed by atoms with E-state index in [-0.39, 0.29) is 36.7 Å². The van der Waals surface area contributed by atoms with Crippen LogP contribution in [0.4, 0.5) is 23.0 Å². The lowest BCUT2D eigenvalue weighted by Crippen LogP contribution is -2.49. The number of carbonyl (C=O) groups excluding carboxylic acids is 4. The fraction of sp³-hybridized carbons (Fsp3) is 0.293. The number of phenolic OH excluding ortho intramolecular Hbond substituents is 1. The van der Waals surface area contributed by atoms with Gasteiger partial charge in [-0.25, -0.2) is 14.2 Å². The molecule has 58 heavy (non-hydrogen) atoms. The number of aromatic nitrogens is 2. The van der Waals surface area contributed by atoms with Gasteiger partial charge in [0.2, 0.25) is 5.91 Å². The zero-order valence-corrected chi connectivity index (χ0v) is 32.8. The number of amides is 3. The van der Waals surface area contributed by atoms with Crippen molar-refractivity contribution in [2.75, 3.05) is 5.32 Å². The number of nitrogens with one attached hydrogen (secondary N) is 3. The fourth-order valence-electron chi connectivity index (χ4n) is 6.54. The quantitative estimate of drug-likeness (QED) is 0.0866. The summed E-state index contributed by atoms with van der Waals surface area (Å²) in [5.41, 5.74) is 2.83. The summed E-state index contributed by atoms with van der Waals surface area (Å²) >= 11 is 2.82. The van der Waals surface area contributed by atoms with E-state index in [0.717, 1.165) is 58.8 Å². The van der Waals surface area contributed by atoms with Crippen molar-refractivity contribution in [1.29, 1.82) is 0 Å². The first-order chi connectivity index (χ1) is 27.7. The van der Waals surface area contributed by atoms with E-state index in [1.807, 2.05) is 18.3 Å². The average Bonchev–Trinajstić information content (AvgIpc) is 3.89. The Morgan fingerprint density at radius 3 is 2.33 bits per heavy atom. The number of phenols is 1. The molecule has 0 radical (unpaired) electrons. The molecule has 0 aliphatic heterocycles. The van der Waals surface area contributed by atoms with Gasteiger partial charge in [0.05, 0.1) is 11.5 Å². The molecule has 17 heteroatoms. The highest BCUT2D eigenvalue weighted by Gasteiger charge is 2.29. The van der Waals surface area contributed by atoms with Gasteiger partial charge < -0.3 is 30.4 Å². The number of aromatic hydroxyl groups is 1. The summed E-state index contributed by atoms with van der Waals surface area (Å²) < 4.78 is 41.5. The molecule has 3 aromatic heterocycles. The van der Waals surface area contributed by atoms with Crippen LogP contribution in [-0.4, -0.2) is 51.9 Å². The van der Waals surface area contributed by atoms with Crippen molar-refractivity contribution in [2.24, 2.45) is 0 Å². The van der Waals surface area contributed by atoms with E-state index in [1.165, 1.54) is 22.1 Å². The Balaban J connectivity index is 0.000000743. The number of thiophene rings is 1. The van der Waals surface area contributed by atoms with E-state index in [1.54, 1.807) is 47.7 Å². The Morgan fingerprint density at radius 2 is 1.62 bits per heavy atom. The van der Waals surface area contributed by atoms with Crippen molar-refractivity contribution < 1.29 is 51.7 Å². The summed E-state index contributed by atoms with van der Waals surface area (Å²) in [5.74, 6) is -3.64. The molecular weight excluding hydrogens is 796 g/mol. The highest BCUT2D eigenvalue weighted by Crippen LogP contribution is 2.26. The first-order valence-electron chi connectivity index (χ1n) is 18.4. The van der Waals surface area contributed by atoms with Crippen molar-refractivity contribution in [3.8, 4) is 5.75 Å². The van der Waals surface area contributed by atoms with Crippen LogP contribution in [-0.2, 0) is 33.8 Å². The van der Waals surface area contributed by atoms with E-state index in [9.17, 15) is 32.7 Å². The predicted octanol–water partition coefficient (Wildman–Crippen LogP) is 6.40. The minimum atomic E-state index is -5.19. The summed E-state index contributed by atoms with van der Waals surface area (Å²) in [6, 6.07) is 23.1. The van der Waals surface area contributed by atoms with Gasteiger partial charge in [-0.15, -0.1) is 11.3 Å². The standard InChI is InChI=1S/C39H39N5O5S2.C2HF3O2/c1-25-22-43-24-30(44(39(43)50-25)23-27-11-14-28-7-5-6-8-29(28)19-27)21-40-36(46)33(20-26-12-15-31(45)16-13-26)41-38(48)42-35-18-17-34(51-35)37(47)49-32-9-3-2-4-10-32;3-2(4,5)1(6)7/h5-8,11-19,22,24,32-33H,2-4,9-10,20-21,23H2,1H3,(H3-,40,41,42,45,46,47,48);(H,6,7)/t33-;/m0./s1. The molecule has 4 N–H and O–H groups in total. The second-order valence-corrected chi connectivity index (χ2v) is 16.1. The van der Waals surface area contributed by atoms with Gasteiger partial charge in [0.1, 0.15) is 47.7 Å². The third-order valence-corrected chi connectivity index (χ3v) is 11.4. The molecule has 1 aliphatic rings. The third-order valence-electron chi connectivity index (χ3n) is 9.36. The number of esters is 1. The molecule has 3 aromatic carbocycles. The SMILES string of the molecule is Cc1c[n+]2cc(CNC(=O)[C@H](Cc3ccc(O)cc3)NC(=O)Nc3ccc(C(=O)OC4CCCCC4)s3)n(Cc3ccc4ccccc4c3)c2s1.O=C([O-])C(F)(F)F. The number of fused-ring (bicyclic) bond motifs is 2. The van der Waals surface area contributed by atoms with Crippen LogP contribution in [0.25, 0.3) is 15.7 Å². The van der Waals surface area contributed by atoms with Crippen molar-refractivity contribution >= 4 is 67.3 Å². The number of halogens is 3. The number of hydrogen-bond donors (Lipinski definition) is 4. The minimum Gasteiger partial charge on any atom is -0.542 e. The number of anilines is 1. The number of benzene rings is 3. The molecule has 0 spiro atoms. The molecule has 7 rings (SSSR count). The molecule has 12 nitrogen and oxygen atoms in total. The number of nitrogens with zero attached hydrogens (tertiary/aromatic N) is 2. The number of ether oxygens (including phenoxy) is 1. The van der Waals surface area contributed by atoms with Crippen LogP contribution in [0, 0.1) is 6.92 Å². The van der Waals surface area contributed by atoms with E-state index in [0.29, 0.717) is 16.4 Å². The summed E-state index contributed by atoms with van der Waals surface area (Å²) in [4.78, 5) is 51.2. The molecule has 0 bridgehead atoms. The second kappa shape index (κ2) is 18.5. The van der Waals surface area contributed by atoms with Gasteiger partial charge >= 0.3 is 23.1 Å². The molecule has 0 unspecified atom stereocenters. The number of carboxylic acid groups (broad SMARTS) is 1. The second-order valence-electron chi connectivity index (χ2n) is 13.8. The van der Waals surface area contributed by atoms with Gasteiger partial charge in [-0.05, 0) is 84.8 Å². The van der Waals surface area contributed by atoms with Gasteiger partial charge in [-0.2, -0.15) is 17.6 Å². The lowest BCUT2D eigenvalue weighted by Gasteiger charge is -2.21. The Morgan fingerprint density at radius 1 is 0.931 bits per heavy atom. The van der Waals surface area contributed by atoms with Gasteiger partial charge in [0, 0.05) is 11.3 Å². The Labute approximate surface area is 338 Å². The van der Waals surface area contributed by atoms with Crippen LogP contribution in [0.15, 0.2) is 91.3 Å². The first-order valence-corrected chi connectivity index (χ1v) is 20.0. The van der Waals surface area contributed by atoms with Gasteiger partial charge in [0.25, 0.3) is 0 Å². The zero-order valence-electron chi connectivity index (χ0n) is 31.2. The molecule has 1 fully saturated rings. The number of aryl methyl sites for hydroxylation is 1. The average molecular weight is 836 g/mol. The normalized spacial score (nSPS) is 13.7. The van der Waals surface area contributed by atoms with Crippen molar-refractivity contribution in [2.45, 2.75) is 76.9 Å². The number of carbonyl (C=O) groups is 4. The summed E-state index contributed by atoms with van der Waals surface area (Å²) in [6.45, 7) is 2.94. The number of rotatable bonds is 11. The lowest BCUT2D eigenvalue weighted by atomic mass is 9.98. The maximum absolute atomic E-state index is 13.8. The van der Waals surface area contributed by atoms with E-state index in [2.05, 4.69) is 68.4 Å². The Hall–Kier alpha value is -5.94. The molecular formula is C41H40F3N5O7S2. The number of thiazole rings is 1. The van der Waals surface area contributed by atoms with Crippen LogP contribution in [0.3, 0.4) is 0 Å². The van der Waals surface area contributed by atoms with E-state index in [4.69, 9.17) is 14.6 Å². The Kier molecular flexibility index (Phi) is 13.3. The third kappa shape index (κ3) is 11.1. The van der Waals surface area contributed by atoms with E-state index >= 15 is 0 Å². The molecule has 0 saturated heterocycles. The van der Waals surface area contributed by atoms with Crippen LogP contribution < -0.4 is 25.5 Å². The van der Waals surface area contributed by atoms with Crippen molar-refractivity contribution in [3.63, 3.8) is 0 Å². The highest BCUT2D eigenvalue weighted by molar-refractivity contribution is 7.18. The molecule has 3 amide bonds. The molecule has 1 saturated carbocycles. The van der Waals surface area contributed by atoms with Crippen LogP contribution in [0.5, 0.6) is 5.75 Å². The monoisotopic (exact) mass is 835 g/mol. The molecule has 1 atom stereocenters. The maximum atomic E-state index is 13.8. The van der Waals surface area contributed by atoms with Crippen LogP contribution in [0.1, 0.15) is 63.5 Å². The van der Waals surface area contributed by atoms with Crippen LogP contribution >= 0.6 is 22.7 Å². The number of aliphatic carboxylic acids is 1. The van der Waals surface area contributed by atoms with Gasteiger partial charge in [-0.1, -0.05) is 66.3 Å². The number of imidazole rings is 1. The molecule has 304 valence electrons. The van der Waals surface area contributed by atoms with Gasteiger partial charge in [0.15, 0.2) is 5.69 Å². The lowest BCUT2D eigenvalue weighted by molar-refractivity contribution is -0.506. The molecule has 6 aromatic rings. The minimum absolute atomic E-state index is 0.0623. The first kappa shape index (κ1) is 41.7. The maximum Gasteiger partial charge on any atom is 0.430 e. The number of carboxylic acids is 1. The highest BCUT2D eigenvalue weighted by atomic mass is 32.1. The van der Waals surface area contributed by atoms with E-state index < -0.39 is 24.2 Å². The number of urea groups is 1. The van der Waals surface area contributed by atoms with Gasteiger partial charge in [-0.3, -0.25) is 10.1 Å². The predicted molar refractivity (Wildman–Crippen MR) is 211 cm³/mol. The fourth-order valence-corrected chi connectivity index (χ4v) is 8.28. The Bertz CT molecular complexity index is 2400. The van der Waals surface area contributed by atoms with Crippen molar-refractivity contribution in [3.05, 3.63) is 118 Å². The summed E-state index contributed by atoms with van der Waals surface area (Å²) in [6.07, 6.45) is 4.09. The van der Waals surface area contributed by atoms with Crippen molar-refractivity contribution in [1.82, 2.24) is 15.2 Å². The smallest absolute Gasteiger partial charge is 0.430 e. The van der Waals surface area contributed by atoms with Crippen LogP contribution in [0.2, 0.25) is 0 Å². The largest absolute Gasteiger partial charge is 0.542 e. The number of alkyl halides is 3. The summed E-state index contributed by atoms with van der Waals surface area (Å²) in [7, 11) is 0. The molecule has 3 heterocycles. The molecule has 1 aliphatic carbocycles.